The summed E-state index contributed by atoms with van der Waals surface area (Å²) in [4.78, 5) is 4.39. The normalized spacial score (nSPS) is 16.6. The lowest BCUT2D eigenvalue weighted by molar-refractivity contribution is 0.310. The highest BCUT2D eigenvalue weighted by Gasteiger charge is 2.16. The second kappa shape index (κ2) is 7.85. The summed E-state index contributed by atoms with van der Waals surface area (Å²) >= 11 is 0. The van der Waals surface area contributed by atoms with Crippen molar-refractivity contribution in [3.63, 3.8) is 0 Å². The summed E-state index contributed by atoms with van der Waals surface area (Å²) in [5, 5.41) is 6.51. The van der Waals surface area contributed by atoms with Crippen LogP contribution in [0.15, 0.2) is 59.6 Å². The predicted molar refractivity (Wildman–Crippen MR) is 102 cm³/mol. The van der Waals surface area contributed by atoms with Crippen molar-refractivity contribution in [3.8, 4) is 5.75 Å². The molecular formula is C20H24N4O. The predicted octanol–water partition coefficient (Wildman–Crippen LogP) is 2.56. The molecule has 0 saturated carbocycles. The van der Waals surface area contributed by atoms with E-state index >= 15 is 0 Å². The van der Waals surface area contributed by atoms with Crippen molar-refractivity contribution in [2.24, 2.45) is 10.7 Å². The second-order valence-electron chi connectivity index (χ2n) is 6.03. The molecule has 130 valence electrons. The minimum atomic E-state index is -0.171. The van der Waals surface area contributed by atoms with E-state index in [4.69, 9.17) is 10.5 Å². The zero-order valence-corrected chi connectivity index (χ0v) is 14.6. The fourth-order valence-corrected chi connectivity index (χ4v) is 2.75. The number of aryl methyl sites for hydroxylation is 1. The van der Waals surface area contributed by atoms with Gasteiger partial charge in [0.2, 0.25) is 0 Å². The van der Waals surface area contributed by atoms with Crippen molar-refractivity contribution >= 4 is 11.7 Å². The van der Waals surface area contributed by atoms with Gasteiger partial charge in [0.25, 0.3) is 0 Å². The molecule has 1 heterocycles. The van der Waals surface area contributed by atoms with Gasteiger partial charge in [-0.05, 0) is 43.2 Å². The molecular weight excluding hydrogens is 312 g/mol. The second-order valence-corrected chi connectivity index (χ2v) is 6.03. The maximum absolute atomic E-state index is 5.96. The molecule has 0 bridgehead atoms. The van der Waals surface area contributed by atoms with Gasteiger partial charge in [-0.3, -0.25) is 5.32 Å². The number of ether oxygens (including phenoxy) is 1. The van der Waals surface area contributed by atoms with Crippen LogP contribution >= 0.6 is 0 Å². The van der Waals surface area contributed by atoms with Gasteiger partial charge < -0.3 is 15.8 Å². The SMILES string of the molecule is Cc1cccc(C2=CC(NCCOc3ccccc3)N=C(N)N2)c1C. The van der Waals surface area contributed by atoms with Crippen LogP contribution < -0.4 is 21.1 Å². The van der Waals surface area contributed by atoms with Crippen LogP contribution in [0.4, 0.5) is 0 Å². The molecule has 0 saturated heterocycles. The van der Waals surface area contributed by atoms with Crippen LogP contribution in [-0.2, 0) is 0 Å². The van der Waals surface area contributed by atoms with E-state index in [9.17, 15) is 0 Å². The number of para-hydroxylation sites is 1. The van der Waals surface area contributed by atoms with Crippen molar-refractivity contribution in [2.75, 3.05) is 13.2 Å². The Kier molecular flexibility index (Phi) is 5.36. The zero-order valence-electron chi connectivity index (χ0n) is 14.6. The molecule has 2 aromatic carbocycles. The molecule has 25 heavy (non-hydrogen) atoms. The molecule has 0 fully saturated rings. The van der Waals surface area contributed by atoms with Gasteiger partial charge in [0, 0.05) is 17.8 Å². The highest BCUT2D eigenvalue weighted by atomic mass is 16.5. The van der Waals surface area contributed by atoms with E-state index in [0.29, 0.717) is 19.1 Å². The number of nitrogens with two attached hydrogens (primary N) is 1. The van der Waals surface area contributed by atoms with E-state index in [2.05, 4.69) is 53.7 Å². The molecule has 5 nitrogen and oxygen atoms in total. The van der Waals surface area contributed by atoms with Gasteiger partial charge >= 0.3 is 0 Å². The van der Waals surface area contributed by atoms with E-state index in [1.54, 1.807) is 0 Å². The van der Waals surface area contributed by atoms with Crippen LogP contribution in [-0.4, -0.2) is 25.3 Å². The van der Waals surface area contributed by atoms with E-state index in [1.165, 1.54) is 11.1 Å². The molecule has 1 unspecified atom stereocenters. The topological polar surface area (TPSA) is 71.7 Å². The average molecular weight is 336 g/mol. The largest absolute Gasteiger partial charge is 0.492 e. The molecule has 1 atom stereocenters. The number of nitrogens with zero attached hydrogens (tertiary/aromatic N) is 1. The lowest BCUT2D eigenvalue weighted by Crippen LogP contribution is -2.41. The number of hydrogen-bond acceptors (Lipinski definition) is 5. The van der Waals surface area contributed by atoms with Crippen LogP contribution in [0.1, 0.15) is 16.7 Å². The lowest BCUT2D eigenvalue weighted by Gasteiger charge is -2.22. The number of benzene rings is 2. The van der Waals surface area contributed by atoms with Gasteiger partial charge in [0.15, 0.2) is 5.96 Å². The molecule has 0 spiro atoms. The van der Waals surface area contributed by atoms with E-state index in [1.807, 2.05) is 30.3 Å². The molecule has 0 aliphatic carbocycles. The smallest absolute Gasteiger partial charge is 0.195 e. The average Bonchev–Trinajstić information content (AvgIpc) is 2.61. The number of nitrogens with one attached hydrogen (secondary N) is 2. The highest BCUT2D eigenvalue weighted by molar-refractivity contribution is 5.90. The Morgan fingerprint density at radius 2 is 1.92 bits per heavy atom. The maximum atomic E-state index is 5.96. The third-order valence-corrected chi connectivity index (χ3v) is 4.23. The monoisotopic (exact) mass is 336 g/mol. The van der Waals surface area contributed by atoms with Crippen molar-refractivity contribution in [2.45, 2.75) is 20.0 Å². The van der Waals surface area contributed by atoms with Crippen LogP contribution in [0, 0.1) is 13.8 Å². The highest BCUT2D eigenvalue weighted by Crippen LogP contribution is 2.21. The standard InChI is InChI=1S/C20H24N4O/c1-14-7-6-10-17(15(14)2)18-13-19(24-20(21)23-18)22-11-12-25-16-8-4-3-5-9-16/h3-10,13,19,22H,11-12H2,1-2H3,(H3,21,23,24). The molecule has 1 aliphatic heterocycles. The van der Waals surface area contributed by atoms with Gasteiger partial charge in [-0.15, -0.1) is 0 Å². The van der Waals surface area contributed by atoms with Crippen LogP contribution in [0.25, 0.3) is 5.70 Å². The Morgan fingerprint density at radius 1 is 1.12 bits per heavy atom. The number of aliphatic imine (C=N–C) groups is 1. The third kappa shape index (κ3) is 4.39. The summed E-state index contributed by atoms with van der Waals surface area (Å²) in [5.41, 5.74) is 10.6. The quantitative estimate of drug-likeness (QED) is 0.709. The van der Waals surface area contributed by atoms with Gasteiger partial charge in [0.1, 0.15) is 18.5 Å². The summed E-state index contributed by atoms with van der Waals surface area (Å²) < 4.78 is 5.69. The molecule has 3 rings (SSSR count). The van der Waals surface area contributed by atoms with Crippen molar-refractivity contribution < 1.29 is 4.74 Å². The van der Waals surface area contributed by atoms with Gasteiger partial charge in [-0.1, -0.05) is 36.4 Å². The van der Waals surface area contributed by atoms with Crippen molar-refractivity contribution in [1.29, 1.82) is 0 Å². The van der Waals surface area contributed by atoms with E-state index in [-0.39, 0.29) is 6.17 Å². The summed E-state index contributed by atoms with van der Waals surface area (Å²) in [6.45, 7) is 5.46. The maximum Gasteiger partial charge on any atom is 0.195 e. The van der Waals surface area contributed by atoms with Crippen LogP contribution in [0.3, 0.4) is 0 Å². The first-order valence-electron chi connectivity index (χ1n) is 8.43. The Balaban J connectivity index is 1.62. The summed E-state index contributed by atoms with van der Waals surface area (Å²) in [6, 6.07) is 16.0. The first-order valence-corrected chi connectivity index (χ1v) is 8.43. The minimum absolute atomic E-state index is 0.171. The Morgan fingerprint density at radius 3 is 2.72 bits per heavy atom. The molecule has 2 aromatic rings. The zero-order chi connectivity index (χ0) is 17.6. The Bertz CT molecular complexity index is 784. The lowest BCUT2D eigenvalue weighted by atomic mass is 10.00. The van der Waals surface area contributed by atoms with Crippen LogP contribution in [0.5, 0.6) is 5.75 Å². The fourth-order valence-electron chi connectivity index (χ4n) is 2.75. The van der Waals surface area contributed by atoms with Crippen molar-refractivity contribution in [1.82, 2.24) is 10.6 Å². The summed E-state index contributed by atoms with van der Waals surface area (Å²) in [7, 11) is 0. The van der Waals surface area contributed by atoms with Gasteiger partial charge in [0.05, 0.1) is 0 Å². The first kappa shape index (κ1) is 17.0. The molecule has 4 N–H and O–H groups in total. The summed E-state index contributed by atoms with van der Waals surface area (Å²) in [6.07, 6.45) is 1.89. The van der Waals surface area contributed by atoms with Crippen LogP contribution in [0.2, 0.25) is 0 Å². The Hall–Kier alpha value is -2.79. The van der Waals surface area contributed by atoms with Crippen molar-refractivity contribution in [3.05, 3.63) is 71.3 Å². The molecule has 1 aliphatic rings. The van der Waals surface area contributed by atoms with E-state index in [0.717, 1.165) is 17.0 Å². The minimum Gasteiger partial charge on any atom is -0.492 e. The number of hydrogen-bond donors (Lipinski definition) is 3. The van der Waals surface area contributed by atoms with Gasteiger partial charge in [-0.2, -0.15) is 0 Å². The summed E-state index contributed by atoms with van der Waals surface area (Å²) in [5.74, 6) is 1.28. The third-order valence-electron chi connectivity index (χ3n) is 4.23. The van der Waals surface area contributed by atoms with Gasteiger partial charge in [-0.25, -0.2) is 4.99 Å². The number of guanidine groups is 1. The molecule has 0 amide bonds. The molecule has 5 heteroatoms. The molecule has 0 radical (unpaired) electrons. The first-order chi connectivity index (χ1) is 12.1. The fraction of sp³-hybridized carbons (Fsp3) is 0.250. The molecule has 0 aromatic heterocycles. The van der Waals surface area contributed by atoms with E-state index < -0.39 is 0 Å². The number of rotatable bonds is 6. The Labute approximate surface area is 148 Å².